The molecule has 1 N–H and O–H groups in total. The topological polar surface area (TPSA) is 73.2 Å². The molecule has 1 aromatic heterocycles. The molecule has 6 nitrogen and oxygen atoms in total. The van der Waals surface area contributed by atoms with E-state index in [1.807, 2.05) is 10.8 Å². The van der Waals surface area contributed by atoms with E-state index in [1.165, 1.54) is 7.11 Å². The first kappa shape index (κ1) is 12.8. The molecule has 1 heterocycles. The van der Waals surface area contributed by atoms with E-state index >= 15 is 0 Å². The molecule has 2 rings (SSSR count). The third-order valence-electron chi connectivity index (χ3n) is 2.55. The molecular weight excluding hydrogens is 246 g/mol. The van der Waals surface area contributed by atoms with Crippen LogP contribution in [0.15, 0.2) is 43.0 Å². The van der Waals surface area contributed by atoms with Gasteiger partial charge in [-0.1, -0.05) is 0 Å². The minimum absolute atomic E-state index is 0.140. The highest BCUT2D eigenvalue weighted by Crippen LogP contribution is 2.09. The Bertz CT molecular complexity index is 561. The number of nitrogens with zero attached hydrogens (tertiary/aromatic N) is 2. The van der Waals surface area contributed by atoms with Crippen molar-refractivity contribution in [2.45, 2.75) is 0 Å². The van der Waals surface area contributed by atoms with Gasteiger partial charge in [-0.15, -0.1) is 0 Å². The number of hydrogen-bond acceptors (Lipinski definition) is 4. The monoisotopic (exact) mass is 259 g/mol. The van der Waals surface area contributed by atoms with Crippen molar-refractivity contribution in [3.8, 4) is 5.69 Å². The first-order chi connectivity index (χ1) is 9.20. The van der Waals surface area contributed by atoms with Crippen molar-refractivity contribution < 1.29 is 14.3 Å². The molecule has 1 aromatic carbocycles. The fraction of sp³-hybridized carbons (Fsp3) is 0.154. The summed E-state index contributed by atoms with van der Waals surface area (Å²) in [5, 5.41) is 2.47. The molecule has 0 saturated heterocycles. The Morgan fingerprint density at radius 1 is 1.32 bits per heavy atom. The third-order valence-corrected chi connectivity index (χ3v) is 2.55. The van der Waals surface area contributed by atoms with Crippen LogP contribution in [0, 0.1) is 0 Å². The largest absolute Gasteiger partial charge is 0.468 e. The first-order valence-electron chi connectivity index (χ1n) is 5.64. The molecule has 6 heteroatoms. The van der Waals surface area contributed by atoms with Gasteiger partial charge >= 0.3 is 5.97 Å². The summed E-state index contributed by atoms with van der Waals surface area (Å²) in [6.07, 6.45) is 5.16. The highest BCUT2D eigenvalue weighted by molar-refractivity contribution is 5.96. The first-order valence-corrected chi connectivity index (χ1v) is 5.64. The predicted octanol–water partition coefficient (Wildman–Crippen LogP) is 0.775. The van der Waals surface area contributed by atoms with Crippen LogP contribution in [0.25, 0.3) is 5.69 Å². The molecule has 0 bridgehead atoms. The van der Waals surface area contributed by atoms with Crippen molar-refractivity contribution in [2.75, 3.05) is 13.7 Å². The van der Waals surface area contributed by atoms with Crippen LogP contribution in [0.2, 0.25) is 0 Å². The van der Waals surface area contributed by atoms with Gasteiger partial charge in [0.25, 0.3) is 5.91 Å². The molecule has 0 aliphatic rings. The van der Waals surface area contributed by atoms with Gasteiger partial charge in [0, 0.05) is 23.6 Å². The summed E-state index contributed by atoms with van der Waals surface area (Å²) in [6.45, 7) is -0.140. The molecule has 0 saturated carbocycles. The van der Waals surface area contributed by atoms with E-state index in [4.69, 9.17) is 0 Å². The Hall–Kier alpha value is -2.63. The maximum Gasteiger partial charge on any atom is 0.325 e. The van der Waals surface area contributed by atoms with Gasteiger partial charge in [-0.25, -0.2) is 4.98 Å². The Morgan fingerprint density at radius 3 is 2.63 bits per heavy atom. The lowest BCUT2D eigenvalue weighted by Crippen LogP contribution is -2.30. The molecule has 0 fully saturated rings. The van der Waals surface area contributed by atoms with Crippen LogP contribution in [0.3, 0.4) is 0 Å². The van der Waals surface area contributed by atoms with E-state index in [9.17, 15) is 9.59 Å². The van der Waals surface area contributed by atoms with Crippen LogP contribution < -0.4 is 5.32 Å². The van der Waals surface area contributed by atoms with Gasteiger partial charge in [-0.3, -0.25) is 9.59 Å². The van der Waals surface area contributed by atoms with E-state index in [0.29, 0.717) is 5.56 Å². The summed E-state index contributed by atoms with van der Waals surface area (Å²) in [5.74, 6) is -0.800. The Balaban J connectivity index is 2.02. The maximum absolute atomic E-state index is 11.7. The number of esters is 1. The zero-order valence-electron chi connectivity index (χ0n) is 10.4. The number of nitrogens with one attached hydrogen (secondary N) is 1. The van der Waals surface area contributed by atoms with Gasteiger partial charge in [0.2, 0.25) is 0 Å². The molecule has 0 aliphatic heterocycles. The minimum Gasteiger partial charge on any atom is -0.468 e. The van der Waals surface area contributed by atoms with Gasteiger partial charge < -0.3 is 14.6 Å². The lowest BCUT2D eigenvalue weighted by Gasteiger charge is -2.05. The smallest absolute Gasteiger partial charge is 0.325 e. The van der Waals surface area contributed by atoms with E-state index in [2.05, 4.69) is 15.0 Å². The fourth-order valence-electron chi connectivity index (χ4n) is 1.52. The molecule has 0 aliphatic carbocycles. The average molecular weight is 259 g/mol. The number of methoxy groups -OCH3 is 1. The van der Waals surface area contributed by atoms with E-state index in [0.717, 1.165) is 5.69 Å². The summed E-state index contributed by atoms with van der Waals surface area (Å²) in [5.41, 5.74) is 1.38. The Morgan fingerprint density at radius 2 is 2.05 bits per heavy atom. The Kier molecular flexibility index (Phi) is 3.92. The summed E-state index contributed by atoms with van der Waals surface area (Å²) >= 11 is 0. The van der Waals surface area contributed by atoms with Gasteiger partial charge in [0.05, 0.1) is 13.4 Å². The van der Waals surface area contributed by atoms with E-state index < -0.39 is 5.97 Å². The van der Waals surface area contributed by atoms with Gasteiger partial charge in [-0.2, -0.15) is 0 Å². The van der Waals surface area contributed by atoms with Gasteiger partial charge in [0.15, 0.2) is 0 Å². The van der Waals surface area contributed by atoms with Crippen LogP contribution in [0.4, 0.5) is 0 Å². The summed E-state index contributed by atoms with van der Waals surface area (Å²) in [7, 11) is 1.27. The quantitative estimate of drug-likeness (QED) is 0.823. The van der Waals surface area contributed by atoms with Gasteiger partial charge in [0.1, 0.15) is 6.54 Å². The Labute approximate surface area is 110 Å². The zero-order valence-corrected chi connectivity index (χ0v) is 10.4. The third kappa shape index (κ3) is 3.19. The van der Waals surface area contributed by atoms with Gasteiger partial charge in [-0.05, 0) is 24.3 Å². The van der Waals surface area contributed by atoms with Crippen LogP contribution in [0.1, 0.15) is 10.4 Å². The highest BCUT2D eigenvalue weighted by atomic mass is 16.5. The van der Waals surface area contributed by atoms with Crippen molar-refractivity contribution >= 4 is 11.9 Å². The molecule has 0 atom stereocenters. The number of carbonyl (C=O) groups is 2. The number of ether oxygens (including phenoxy) is 1. The highest BCUT2D eigenvalue weighted by Gasteiger charge is 2.07. The van der Waals surface area contributed by atoms with E-state index in [1.54, 1.807) is 36.8 Å². The lowest BCUT2D eigenvalue weighted by molar-refractivity contribution is -0.139. The second kappa shape index (κ2) is 5.81. The average Bonchev–Trinajstić information content (AvgIpc) is 2.98. The SMILES string of the molecule is COC(=O)CNC(=O)c1ccc(-n2ccnc2)cc1. The number of hydrogen-bond donors (Lipinski definition) is 1. The number of aromatic nitrogens is 2. The maximum atomic E-state index is 11.7. The van der Waals surface area contributed by atoms with Crippen LogP contribution in [-0.4, -0.2) is 35.1 Å². The van der Waals surface area contributed by atoms with Crippen molar-refractivity contribution in [2.24, 2.45) is 0 Å². The van der Waals surface area contributed by atoms with Crippen molar-refractivity contribution in [3.63, 3.8) is 0 Å². The number of benzene rings is 1. The molecule has 0 spiro atoms. The van der Waals surface area contributed by atoms with Crippen LogP contribution >= 0.6 is 0 Å². The van der Waals surface area contributed by atoms with E-state index in [-0.39, 0.29) is 12.5 Å². The summed E-state index contributed by atoms with van der Waals surface area (Å²) < 4.78 is 6.27. The fourth-order valence-corrected chi connectivity index (χ4v) is 1.52. The van der Waals surface area contributed by atoms with Crippen molar-refractivity contribution in [3.05, 3.63) is 48.5 Å². The second-order valence-electron chi connectivity index (χ2n) is 3.78. The van der Waals surface area contributed by atoms with Crippen LogP contribution in [0.5, 0.6) is 0 Å². The molecule has 0 radical (unpaired) electrons. The number of rotatable bonds is 4. The molecule has 19 heavy (non-hydrogen) atoms. The zero-order chi connectivity index (χ0) is 13.7. The molecule has 1 amide bonds. The summed E-state index contributed by atoms with van der Waals surface area (Å²) in [4.78, 5) is 26.6. The molecule has 2 aromatic rings. The minimum atomic E-state index is -0.483. The standard InChI is InChI=1S/C13H13N3O3/c1-19-12(17)8-15-13(18)10-2-4-11(5-3-10)16-7-6-14-9-16/h2-7,9H,8H2,1H3,(H,15,18). The molecule has 98 valence electrons. The predicted molar refractivity (Wildman–Crippen MR) is 67.9 cm³/mol. The number of carbonyl (C=O) groups excluding carboxylic acids is 2. The lowest BCUT2D eigenvalue weighted by atomic mass is 10.2. The molecular formula is C13H13N3O3. The van der Waals surface area contributed by atoms with Crippen LogP contribution in [-0.2, 0) is 9.53 Å². The second-order valence-corrected chi connectivity index (χ2v) is 3.78. The molecule has 0 unspecified atom stereocenters. The van der Waals surface area contributed by atoms with Crippen molar-refractivity contribution in [1.29, 1.82) is 0 Å². The number of amides is 1. The normalized spacial score (nSPS) is 9.95. The summed E-state index contributed by atoms with van der Waals surface area (Å²) in [6, 6.07) is 6.97. The number of imidazole rings is 1. The van der Waals surface area contributed by atoms with Crippen molar-refractivity contribution in [1.82, 2.24) is 14.9 Å².